The molecule has 0 aliphatic rings. The lowest BCUT2D eigenvalue weighted by Crippen LogP contribution is -2.44. The number of anilines is 2. The predicted molar refractivity (Wildman–Crippen MR) is 198 cm³/mol. The summed E-state index contributed by atoms with van der Waals surface area (Å²) in [5, 5.41) is 0. The Bertz CT molecular complexity index is 1540. The van der Waals surface area contributed by atoms with Crippen molar-refractivity contribution in [1.29, 1.82) is 0 Å². The van der Waals surface area contributed by atoms with E-state index in [2.05, 4.69) is 42.4 Å². The second-order valence-electron chi connectivity index (χ2n) is 14.6. The summed E-state index contributed by atoms with van der Waals surface area (Å²) in [6, 6.07) is 0. The zero-order valence-electron chi connectivity index (χ0n) is 33.2. The zero-order chi connectivity index (χ0) is 41.3. The van der Waals surface area contributed by atoms with E-state index in [-0.39, 0.29) is 35.4 Å². The average molecular weight is 816 g/mol. The molecule has 0 aromatic carbocycles. The molecular weight excluding hydrogens is 764 g/mol. The number of rotatable bonds is 7. The van der Waals surface area contributed by atoms with Crippen molar-refractivity contribution in [1.82, 2.24) is 19.9 Å². The maximum Gasteiger partial charge on any atom is 0.427 e. The van der Waals surface area contributed by atoms with Crippen LogP contribution >= 0.6 is 15.9 Å². The predicted octanol–water partition coefficient (Wildman–Crippen LogP) is 7.75. The van der Waals surface area contributed by atoms with Gasteiger partial charge in [0.05, 0.1) is 34.0 Å². The van der Waals surface area contributed by atoms with Crippen LogP contribution in [0, 0.1) is 0 Å². The molecule has 0 N–H and O–H groups in total. The molecule has 19 heteroatoms. The number of nitrogens with zero attached hydrogens (tertiary/aromatic N) is 6. The highest BCUT2D eigenvalue weighted by atomic mass is 79.9. The summed E-state index contributed by atoms with van der Waals surface area (Å²) in [6.45, 7) is 23.7. The highest BCUT2D eigenvalue weighted by molar-refractivity contribution is 9.10. The summed E-state index contributed by atoms with van der Waals surface area (Å²) in [5.74, 6) is -0.316. The summed E-state index contributed by atoms with van der Waals surface area (Å²) in [6.07, 6.45) is -2.53. The number of carbonyl (C=O) groups excluding carboxylic acids is 4. The molecular formula is C34H51BrN6O12. The number of hydrogen-bond donors (Lipinski definition) is 0. The van der Waals surface area contributed by atoms with Crippen LogP contribution in [0.2, 0.25) is 0 Å². The van der Waals surface area contributed by atoms with Crippen molar-refractivity contribution in [3.8, 4) is 23.5 Å². The molecule has 0 atom stereocenters. The highest BCUT2D eigenvalue weighted by Gasteiger charge is 2.37. The van der Waals surface area contributed by atoms with E-state index in [1.54, 1.807) is 83.1 Å². The van der Waals surface area contributed by atoms with E-state index < -0.39 is 46.8 Å². The summed E-state index contributed by atoms with van der Waals surface area (Å²) in [7, 11) is 5.51. The summed E-state index contributed by atoms with van der Waals surface area (Å²) in [4.78, 5) is 68.1. The molecule has 0 saturated carbocycles. The molecule has 2 rings (SSSR count). The van der Waals surface area contributed by atoms with Gasteiger partial charge in [-0.05, 0) is 99.0 Å². The Morgan fingerprint density at radius 1 is 0.509 bits per heavy atom. The standard InChI is InChI=1S/C18H27N3O6.C16H24BrN3O6/c1-10-11-12(24-8)19-14(20-13(11)25-9)21(15(22)26-17(2,3)4)16(23)27-18(5,6)7;1-15(2,3)25-13(21)20(14(22)26-16(4,5)6)12-18-10(23-7)9(17)11(19-12)24-8/h10H,1H2,2-9H3;1-8H3. The summed E-state index contributed by atoms with van der Waals surface area (Å²) >= 11 is 3.23. The van der Waals surface area contributed by atoms with E-state index in [9.17, 15) is 19.2 Å². The van der Waals surface area contributed by atoms with E-state index in [0.29, 0.717) is 19.8 Å². The van der Waals surface area contributed by atoms with Gasteiger partial charge in [-0.25, -0.2) is 19.2 Å². The Kier molecular flexibility index (Phi) is 15.8. The molecule has 53 heavy (non-hydrogen) atoms. The van der Waals surface area contributed by atoms with Gasteiger partial charge in [-0.3, -0.25) is 0 Å². The minimum atomic E-state index is -0.993. The number of aromatic nitrogens is 4. The van der Waals surface area contributed by atoms with Gasteiger partial charge in [0.2, 0.25) is 23.5 Å². The van der Waals surface area contributed by atoms with Gasteiger partial charge in [-0.15, -0.1) is 9.80 Å². The zero-order valence-corrected chi connectivity index (χ0v) is 34.8. The van der Waals surface area contributed by atoms with E-state index in [1.165, 1.54) is 34.5 Å². The lowest BCUT2D eigenvalue weighted by molar-refractivity contribution is 0.0404. The van der Waals surface area contributed by atoms with Crippen LogP contribution in [0.25, 0.3) is 6.08 Å². The first-order valence-electron chi connectivity index (χ1n) is 15.9. The van der Waals surface area contributed by atoms with Crippen LogP contribution < -0.4 is 28.7 Å². The van der Waals surface area contributed by atoms with Crippen molar-refractivity contribution in [2.24, 2.45) is 0 Å². The van der Waals surface area contributed by atoms with Crippen LogP contribution in [0.4, 0.5) is 31.1 Å². The van der Waals surface area contributed by atoms with Gasteiger partial charge in [0.25, 0.3) is 11.9 Å². The number of ether oxygens (including phenoxy) is 8. The molecule has 0 bridgehead atoms. The topological polar surface area (TPSA) is 200 Å². The second kappa shape index (κ2) is 18.2. The summed E-state index contributed by atoms with van der Waals surface area (Å²) < 4.78 is 42.1. The Balaban J connectivity index is 0.000000530. The third kappa shape index (κ3) is 14.5. The molecule has 0 radical (unpaired) electrons. The first-order valence-corrected chi connectivity index (χ1v) is 16.7. The number of methoxy groups -OCH3 is 4. The number of imide groups is 2. The van der Waals surface area contributed by atoms with Gasteiger partial charge in [0.1, 0.15) is 26.9 Å². The molecule has 18 nitrogen and oxygen atoms in total. The van der Waals surface area contributed by atoms with Crippen molar-refractivity contribution in [3.05, 3.63) is 16.6 Å². The van der Waals surface area contributed by atoms with Crippen molar-refractivity contribution in [2.75, 3.05) is 38.2 Å². The first kappa shape index (κ1) is 46.1. The molecule has 0 aliphatic carbocycles. The van der Waals surface area contributed by atoms with Crippen LogP contribution in [0.15, 0.2) is 11.1 Å². The smallest absolute Gasteiger partial charge is 0.427 e. The van der Waals surface area contributed by atoms with Gasteiger partial charge < -0.3 is 37.9 Å². The number of carbonyl (C=O) groups is 4. The van der Waals surface area contributed by atoms with E-state index in [0.717, 1.165) is 0 Å². The molecule has 4 amide bonds. The molecule has 2 heterocycles. The van der Waals surface area contributed by atoms with Gasteiger partial charge in [0.15, 0.2) is 0 Å². The van der Waals surface area contributed by atoms with Gasteiger partial charge >= 0.3 is 24.4 Å². The van der Waals surface area contributed by atoms with Crippen molar-refractivity contribution >= 4 is 58.3 Å². The monoisotopic (exact) mass is 814 g/mol. The minimum Gasteiger partial charge on any atom is -0.480 e. The molecule has 0 unspecified atom stereocenters. The molecule has 0 saturated heterocycles. The number of halogens is 1. The van der Waals surface area contributed by atoms with E-state index >= 15 is 0 Å². The van der Waals surface area contributed by atoms with Crippen molar-refractivity contribution < 1.29 is 57.1 Å². The third-order valence-corrected chi connectivity index (χ3v) is 6.00. The maximum atomic E-state index is 12.7. The van der Waals surface area contributed by atoms with Gasteiger partial charge in [-0.1, -0.05) is 12.7 Å². The van der Waals surface area contributed by atoms with E-state index in [4.69, 9.17) is 37.9 Å². The number of amides is 4. The average Bonchev–Trinajstić information content (AvgIpc) is 2.97. The van der Waals surface area contributed by atoms with Gasteiger partial charge in [-0.2, -0.15) is 19.9 Å². The molecule has 296 valence electrons. The van der Waals surface area contributed by atoms with Gasteiger partial charge in [0, 0.05) is 0 Å². The Morgan fingerprint density at radius 2 is 0.736 bits per heavy atom. The first-order chi connectivity index (χ1) is 24.1. The van der Waals surface area contributed by atoms with Crippen LogP contribution in [0.3, 0.4) is 0 Å². The molecule has 2 aromatic rings. The fourth-order valence-electron chi connectivity index (χ4n) is 3.48. The fraction of sp³-hybridized carbons (Fsp3) is 0.588. The third-order valence-electron chi connectivity index (χ3n) is 5.32. The molecule has 2 aromatic heterocycles. The van der Waals surface area contributed by atoms with Crippen LogP contribution in [-0.2, 0) is 18.9 Å². The highest BCUT2D eigenvalue weighted by Crippen LogP contribution is 2.34. The van der Waals surface area contributed by atoms with E-state index in [1.807, 2.05) is 0 Å². The normalized spacial score (nSPS) is 11.5. The van der Waals surface area contributed by atoms with Crippen LogP contribution in [-0.4, -0.2) is 95.2 Å². The van der Waals surface area contributed by atoms with Crippen molar-refractivity contribution in [3.63, 3.8) is 0 Å². The second-order valence-corrected chi connectivity index (χ2v) is 15.4. The van der Waals surface area contributed by atoms with Crippen LogP contribution in [0.5, 0.6) is 23.5 Å². The SMILES string of the molecule is C=Cc1c(OC)nc(N(C(=O)OC(C)(C)C)C(=O)OC(C)(C)C)nc1OC.COc1nc(N(C(=O)OC(C)(C)C)C(=O)OC(C)(C)C)nc(OC)c1Br. The lowest BCUT2D eigenvalue weighted by Gasteiger charge is -2.27. The Labute approximate surface area is 318 Å². The fourth-order valence-corrected chi connectivity index (χ4v) is 3.98. The quantitative estimate of drug-likeness (QED) is 0.245. The number of hydrogen-bond acceptors (Lipinski definition) is 16. The molecule has 0 fully saturated rings. The Hall–Kier alpha value is -4.94. The Morgan fingerprint density at radius 3 is 0.925 bits per heavy atom. The van der Waals surface area contributed by atoms with Crippen molar-refractivity contribution in [2.45, 2.75) is 105 Å². The molecule has 0 spiro atoms. The van der Waals surface area contributed by atoms with Crippen LogP contribution in [0.1, 0.15) is 88.6 Å². The lowest BCUT2D eigenvalue weighted by atomic mass is 10.2. The summed E-state index contributed by atoms with van der Waals surface area (Å²) in [5.41, 5.74) is -3.03. The largest absolute Gasteiger partial charge is 0.480 e. The minimum absolute atomic E-state index is 0.0731. The maximum absolute atomic E-state index is 12.7. The molecule has 0 aliphatic heterocycles.